The van der Waals surface area contributed by atoms with Crippen molar-refractivity contribution in [2.75, 3.05) is 6.54 Å². The van der Waals surface area contributed by atoms with Crippen LogP contribution < -0.4 is 5.32 Å². The van der Waals surface area contributed by atoms with Crippen LogP contribution in [0, 0.1) is 17.3 Å². The maximum Gasteiger partial charge on any atom is 0.225 e. The number of nitrogens with one attached hydrogen (secondary N) is 1. The number of hydrogen-bond donors (Lipinski definition) is 1. The van der Waals surface area contributed by atoms with E-state index in [1.807, 2.05) is 20.8 Å². The van der Waals surface area contributed by atoms with Gasteiger partial charge in [0, 0.05) is 12.0 Å². The van der Waals surface area contributed by atoms with Gasteiger partial charge in [-0.2, -0.15) is 0 Å². The second-order valence-corrected chi connectivity index (χ2v) is 6.26. The van der Waals surface area contributed by atoms with Gasteiger partial charge >= 0.3 is 0 Å². The lowest BCUT2D eigenvalue weighted by molar-refractivity contribution is -0.128. The smallest absolute Gasteiger partial charge is 0.225 e. The second kappa shape index (κ2) is 5.70. The Balaban J connectivity index is 2.22. The maximum atomic E-state index is 11.7. The summed E-state index contributed by atoms with van der Waals surface area (Å²) >= 11 is 0. The van der Waals surface area contributed by atoms with Crippen molar-refractivity contribution in [3.63, 3.8) is 0 Å². The fourth-order valence-electron chi connectivity index (χ4n) is 2.35. The molecule has 0 aromatic carbocycles. The van der Waals surface area contributed by atoms with Crippen LogP contribution in [0.15, 0.2) is 0 Å². The largest absolute Gasteiger partial charge is 0.355 e. The molecule has 0 bridgehead atoms. The molecule has 1 fully saturated rings. The third kappa shape index (κ3) is 4.15. The predicted molar refractivity (Wildman–Crippen MR) is 68.2 cm³/mol. The standard InChI is InChI=1S/C14H27NO/c1-5-11-6-8-12(9-7-11)10-15-13(16)14(2,3)4/h11-12H,5-10H2,1-4H3,(H,15,16). The molecule has 1 amide bonds. The Morgan fingerprint density at radius 2 is 1.62 bits per heavy atom. The van der Waals surface area contributed by atoms with Gasteiger partial charge in [0.15, 0.2) is 0 Å². The molecular weight excluding hydrogens is 198 g/mol. The lowest BCUT2D eigenvalue weighted by Gasteiger charge is -2.28. The van der Waals surface area contributed by atoms with Crippen molar-refractivity contribution in [2.24, 2.45) is 17.3 Å². The number of hydrogen-bond acceptors (Lipinski definition) is 1. The fourth-order valence-corrected chi connectivity index (χ4v) is 2.35. The van der Waals surface area contributed by atoms with E-state index in [9.17, 15) is 4.79 Å². The molecule has 1 N–H and O–H groups in total. The Kier molecular flexibility index (Phi) is 4.82. The van der Waals surface area contributed by atoms with Gasteiger partial charge in [0.05, 0.1) is 0 Å². The van der Waals surface area contributed by atoms with Gasteiger partial charge in [0.2, 0.25) is 5.91 Å². The highest BCUT2D eigenvalue weighted by Crippen LogP contribution is 2.30. The van der Waals surface area contributed by atoms with Gasteiger partial charge in [-0.1, -0.05) is 47.0 Å². The third-order valence-corrected chi connectivity index (χ3v) is 3.78. The van der Waals surface area contributed by atoms with E-state index in [2.05, 4.69) is 12.2 Å². The quantitative estimate of drug-likeness (QED) is 0.784. The van der Waals surface area contributed by atoms with Crippen LogP contribution in [-0.4, -0.2) is 12.5 Å². The lowest BCUT2D eigenvalue weighted by atomic mass is 9.81. The van der Waals surface area contributed by atoms with E-state index in [4.69, 9.17) is 0 Å². The molecule has 0 saturated heterocycles. The number of rotatable bonds is 3. The van der Waals surface area contributed by atoms with Crippen LogP contribution in [-0.2, 0) is 4.79 Å². The van der Waals surface area contributed by atoms with Crippen LogP contribution in [0.4, 0.5) is 0 Å². The molecule has 16 heavy (non-hydrogen) atoms. The number of amides is 1. The predicted octanol–water partition coefficient (Wildman–Crippen LogP) is 3.37. The molecule has 0 aliphatic heterocycles. The minimum absolute atomic E-state index is 0.185. The highest BCUT2D eigenvalue weighted by atomic mass is 16.2. The lowest BCUT2D eigenvalue weighted by Crippen LogP contribution is -2.38. The molecule has 0 aromatic heterocycles. The van der Waals surface area contributed by atoms with Crippen molar-refractivity contribution in [2.45, 2.75) is 59.8 Å². The first-order valence-electron chi connectivity index (χ1n) is 6.71. The van der Waals surface area contributed by atoms with E-state index < -0.39 is 0 Å². The first-order valence-corrected chi connectivity index (χ1v) is 6.71. The Labute approximate surface area is 100 Å². The minimum atomic E-state index is -0.249. The van der Waals surface area contributed by atoms with E-state index in [0.717, 1.165) is 12.5 Å². The first-order chi connectivity index (χ1) is 7.43. The average Bonchev–Trinajstić information content (AvgIpc) is 2.25. The van der Waals surface area contributed by atoms with Crippen molar-refractivity contribution >= 4 is 5.91 Å². The summed E-state index contributed by atoms with van der Waals surface area (Å²) in [6, 6.07) is 0. The van der Waals surface area contributed by atoms with Crippen LogP contribution in [0.2, 0.25) is 0 Å². The molecule has 1 rings (SSSR count). The topological polar surface area (TPSA) is 29.1 Å². The van der Waals surface area contributed by atoms with Gasteiger partial charge in [0.1, 0.15) is 0 Å². The normalized spacial score (nSPS) is 26.5. The van der Waals surface area contributed by atoms with Crippen LogP contribution >= 0.6 is 0 Å². The first kappa shape index (κ1) is 13.5. The maximum absolute atomic E-state index is 11.7. The van der Waals surface area contributed by atoms with E-state index in [-0.39, 0.29) is 11.3 Å². The summed E-state index contributed by atoms with van der Waals surface area (Å²) in [5, 5.41) is 3.09. The van der Waals surface area contributed by atoms with Crippen LogP contribution in [0.1, 0.15) is 59.8 Å². The Morgan fingerprint density at radius 1 is 1.12 bits per heavy atom. The van der Waals surface area contributed by atoms with Crippen LogP contribution in [0.25, 0.3) is 0 Å². The minimum Gasteiger partial charge on any atom is -0.355 e. The van der Waals surface area contributed by atoms with E-state index in [1.165, 1.54) is 32.1 Å². The SMILES string of the molecule is CCC1CCC(CNC(=O)C(C)(C)C)CC1. The zero-order chi connectivity index (χ0) is 12.2. The Morgan fingerprint density at radius 3 is 2.06 bits per heavy atom. The molecule has 1 aliphatic rings. The van der Waals surface area contributed by atoms with Gasteiger partial charge in [-0.3, -0.25) is 4.79 Å². The van der Waals surface area contributed by atoms with Crippen LogP contribution in [0.5, 0.6) is 0 Å². The molecule has 0 heterocycles. The van der Waals surface area contributed by atoms with E-state index in [1.54, 1.807) is 0 Å². The van der Waals surface area contributed by atoms with Gasteiger partial charge in [0.25, 0.3) is 0 Å². The summed E-state index contributed by atoms with van der Waals surface area (Å²) in [4.78, 5) is 11.7. The summed E-state index contributed by atoms with van der Waals surface area (Å²) in [5.41, 5.74) is -0.249. The molecule has 1 aliphatic carbocycles. The van der Waals surface area contributed by atoms with E-state index in [0.29, 0.717) is 5.92 Å². The molecular formula is C14H27NO. The van der Waals surface area contributed by atoms with Gasteiger partial charge in [-0.05, 0) is 24.7 Å². The van der Waals surface area contributed by atoms with Crippen molar-refractivity contribution < 1.29 is 4.79 Å². The van der Waals surface area contributed by atoms with Crippen molar-refractivity contribution in [3.8, 4) is 0 Å². The van der Waals surface area contributed by atoms with Crippen LogP contribution in [0.3, 0.4) is 0 Å². The molecule has 0 spiro atoms. The molecule has 1 saturated carbocycles. The molecule has 0 atom stereocenters. The summed E-state index contributed by atoms with van der Waals surface area (Å²) in [5.74, 6) is 1.84. The molecule has 2 heteroatoms. The second-order valence-electron chi connectivity index (χ2n) is 6.26. The summed E-state index contributed by atoms with van der Waals surface area (Å²) < 4.78 is 0. The zero-order valence-corrected chi connectivity index (χ0v) is 11.3. The van der Waals surface area contributed by atoms with Crippen molar-refractivity contribution in [1.82, 2.24) is 5.32 Å². The average molecular weight is 225 g/mol. The highest BCUT2D eigenvalue weighted by Gasteiger charge is 2.24. The molecule has 0 unspecified atom stereocenters. The fraction of sp³-hybridized carbons (Fsp3) is 0.929. The molecule has 2 nitrogen and oxygen atoms in total. The van der Waals surface area contributed by atoms with E-state index >= 15 is 0 Å². The summed E-state index contributed by atoms with van der Waals surface area (Å²) in [6.07, 6.45) is 6.62. The van der Waals surface area contributed by atoms with Crippen molar-refractivity contribution in [3.05, 3.63) is 0 Å². The van der Waals surface area contributed by atoms with Gasteiger partial charge in [-0.15, -0.1) is 0 Å². The van der Waals surface area contributed by atoms with Crippen molar-refractivity contribution in [1.29, 1.82) is 0 Å². The Bertz CT molecular complexity index is 221. The number of carbonyl (C=O) groups excluding carboxylic acids is 1. The Hall–Kier alpha value is -0.530. The number of carbonyl (C=O) groups is 1. The van der Waals surface area contributed by atoms with Gasteiger partial charge in [-0.25, -0.2) is 0 Å². The third-order valence-electron chi connectivity index (χ3n) is 3.78. The summed E-state index contributed by atoms with van der Waals surface area (Å²) in [7, 11) is 0. The molecule has 94 valence electrons. The molecule has 0 radical (unpaired) electrons. The molecule has 0 aromatic rings. The van der Waals surface area contributed by atoms with Gasteiger partial charge < -0.3 is 5.32 Å². The zero-order valence-electron chi connectivity index (χ0n) is 11.3. The highest BCUT2D eigenvalue weighted by molar-refractivity contribution is 5.81. The summed E-state index contributed by atoms with van der Waals surface area (Å²) in [6.45, 7) is 9.07. The monoisotopic (exact) mass is 225 g/mol.